The van der Waals surface area contributed by atoms with E-state index in [1.807, 2.05) is 55.6 Å². The number of aromatic amines is 1. The number of amides is 1. The van der Waals surface area contributed by atoms with E-state index in [0.717, 1.165) is 32.1 Å². The predicted molar refractivity (Wildman–Crippen MR) is 81.6 cm³/mol. The maximum Gasteiger partial charge on any atom is 0.261 e. The van der Waals surface area contributed by atoms with E-state index in [1.165, 1.54) is 0 Å². The Morgan fingerprint density at radius 3 is 2.70 bits per heavy atom. The predicted octanol–water partition coefficient (Wildman–Crippen LogP) is 3.91. The molecule has 20 heavy (non-hydrogen) atoms. The average Bonchev–Trinajstić information content (AvgIpc) is 2.79. The lowest BCUT2D eigenvalue weighted by Crippen LogP contribution is -2.25. The minimum atomic E-state index is 0.0369. The molecule has 0 spiro atoms. The van der Waals surface area contributed by atoms with Gasteiger partial charge in [0.1, 0.15) is 0 Å². The quantitative estimate of drug-likeness (QED) is 0.677. The van der Waals surface area contributed by atoms with Gasteiger partial charge in [0.15, 0.2) is 0 Å². The molecule has 0 saturated heterocycles. The molecule has 0 radical (unpaired) electrons. The van der Waals surface area contributed by atoms with Gasteiger partial charge in [-0.1, -0.05) is 42.1 Å². The van der Waals surface area contributed by atoms with Crippen molar-refractivity contribution in [2.45, 2.75) is 9.92 Å². The first-order valence-electron chi connectivity index (χ1n) is 6.41. The molecule has 0 aliphatic carbocycles. The molecule has 1 aliphatic heterocycles. The van der Waals surface area contributed by atoms with Crippen molar-refractivity contribution in [3.8, 4) is 0 Å². The van der Waals surface area contributed by atoms with Crippen LogP contribution in [0.1, 0.15) is 10.4 Å². The van der Waals surface area contributed by atoms with Crippen LogP contribution in [0.5, 0.6) is 0 Å². The van der Waals surface area contributed by atoms with Crippen LogP contribution >= 0.6 is 11.8 Å². The Labute approximate surface area is 120 Å². The van der Waals surface area contributed by atoms with Crippen molar-refractivity contribution in [2.24, 2.45) is 0 Å². The smallest absolute Gasteiger partial charge is 0.261 e. The fourth-order valence-corrected chi connectivity index (χ4v) is 3.75. The number of nitrogens with one attached hydrogen (secondary N) is 1. The molecule has 3 nitrogen and oxygen atoms in total. The average molecular weight is 280 g/mol. The lowest BCUT2D eigenvalue weighted by molar-refractivity contribution is 0.0992. The number of hydrogen-bond donors (Lipinski definition) is 1. The van der Waals surface area contributed by atoms with Crippen LogP contribution in [-0.2, 0) is 0 Å². The monoisotopic (exact) mass is 280 g/mol. The standard InChI is InChI=1S/C16H12N2OS/c1-18-12-8-4-5-9-13(12)20-15-14(16(18)19)10-6-2-3-7-11(10)17-15/h2-9,17H,1H3. The third-order valence-corrected chi connectivity index (χ3v) is 4.70. The molecule has 0 saturated carbocycles. The van der Waals surface area contributed by atoms with Crippen LogP contribution in [0.3, 0.4) is 0 Å². The maximum absolute atomic E-state index is 12.8. The van der Waals surface area contributed by atoms with Crippen LogP contribution in [0, 0.1) is 0 Å². The highest BCUT2D eigenvalue weighted by Crippen LogP contribution is 2.42. The number of anilines is 1. The fraction of sp³-hybridized carbons (Fsp3) is 0.0625. The van der Waals surface area contributed by atoms with Crippen molar-refractivity contribution in [1.29, 1.82) is 0 Å². The van der Waals surface area contributed by atoms with Crippen LogP contribution in [0.4, 0.5) is 5.69 Å². The summed E-state index contributed by atoms with van der Waals surface area (Å²) in [6, 6.07) is 15.9. The van der Waals surface area contributed by atoms with Gasteiger partial charge in [-0.05, 0) is 18.2 Å². The van der Waals surface area contributed by atoms with Gasteiger partial charge < -0.3 is 9.88 Å². The van der Waals surface area contributed by atoms with Crippen molar-refractivity contribution in [2.75, 3.05) is 11.9 Å². The SMILES string of the molecule is CN1C(=O)c2c([nH]c3ccccc23)Sc2ccccc21. The van der Waals surface area contributed by atoms with E-state index in [4.69, 9.17) is 0 Å². The van der Waals surface area contributed by atoms with E-state index in [2.05, 4.69) is 4.98 Å². The fourth-order valence-electron chi connectivity index (χ4n) is 2.61. The summed E-state index contributed by atoms with van der Waals surface area (Å²) in [5.41, 5.74) is 2.73. The van der Waals surface area contributed by atoms with Crippen LogP contribution in [0.25, 0.3) is 10.9 Å². The molecule has 4 heteroatoms. The highest BCUT2D eigenvalue weighted by atomic mass is 32.2. The summed E-state index contributed by atoms with van der Waals surface area (Å²) in [5.74, 6) is 0.0369. The van der Waals surface area contributed by atoms with Crippen LogP contribution in [0.2, 0.25) is 0 Å². The van der Waals surface area contributed by atoms with Crippen molar-refractivity contribution < 1.29 is 4.79 Å². The Morgan fingerprint density at radius 1 is 1.05 bits per heavy atom. The molecule has 3 aromatic rings. The largest absolute Gasteiger partial charge is 0.349 e. The Balaban J connectivity index is 2.04. The second-order valence-corrected chi connectivity index (χ2v) is 5.86. The number of H-pyrrole nitrogens is 1. The first kappa shape index (κ1) is 11.6. The van der Waals surface area contributed by atoms with E-state index < -0.39 is 0 Å². The summed E-state index contributed by atoms with van der Waals surface area (Å²) in [6.07, 6.45) is 0. The summed E-state index contributed by atoms with van der Waals surface area (Å²) in [7, 11) is 1.83. The molecule has 4 rings (SSSR count). The van der Waals surface area contributed by atoms with Crippen molar-refractivity contribution >= 4 is 34.3 Å². The third kappa shape index (κ3) is 1.51. The normalized spacial score (nSPS) is 14.1. The molecular formula is C16H12N2OS. The number of carbonyl (C=O) groups excluding carboxylic acids is 1. The highest BCUT2D eigenvalue weighted by Gasteiger charge is 2.27. The second kappa shape index (κ2) is 4.15. The number of aromatic nitrogens is 1. The molecule has 1 aromatic heterocycles. The van der Waals surface area contributed by atoms with Gasteiger partial charge in [-0.2, -0.15) is 0 Å². The van der Waals surface area contributed by atoms with Gasteiger partial charge in [0.2, 0.25) is 0 Å². The van der Waals surface area contributed by atoms with Crippen LogP contribution in [-0.4, -0.2) is 17.9 Å². The Kier molecular flexibility index (Phi) is 2.41. The molecule has 98 valence electrons. The summed E-state index contributed by atoms with van der Waals surface area (Å²) >= 11 is 1.62. The van der Waals surface area contributed by atoms with Crippen molar-refractivity contribution in [3.05, 3.63) is 54.1 Å². The Morgan fingerprint density at radius 2 is 1.80 bits per heavy atom. The zero-order chi connectivity index (χ0) is 13.7. The minimum absolute atomic E-state index is 0.0369. The number of hydrogen-bond acceptors (Lipinski definition) is 2. The van der Waals surface area contributed by atoms with Crippen molar-refractivity contribution in [1.82, 2.24) is 4.98 Å². The first-order valence-corrected chi connectivity index (χ1v) is 7.23. The molecular weight excluding hydrogens is 268 g/mol. The lowest BCUT2D eigenvalue weighted by atomic mass is 10.1. The van der Waals surface area contributed by atoms with Crippen LogP contribution < -0.4 is 4.90 Å². The van der Waals surface area contributed by atoms with Gasteiger partial charge in [-0.3, -0.25) is 4.79 Å². The highest BCUT2D eigenvalue weighted by molar-refractivity contribution is 7.99. The lowest BCUT2D eigenvalue weighted by Gasteiger charge is -2.16. The number of carbonyl (C=O) groups is 1. The van der Waals surface area contributed by atoms with E-state index in [-0.39, 0.29) is 5.91 Å². The molecule has 2 aromatic carbocycles. The van der Waals surface area contributed by atoms with Gasteiger partial charge in [-0.15, -0.1) is 0 Å². The van der Waals surface area contributed by atoms with Gasteiger partial charge >= 0.3 is 0 Å². The third-order valence-electron chi connectivity index (χ3n) is 3.63. The zero-order valence-electron chi connectivity index (χ0n) is 10.9. The minimum Gasteiger partial charge on any atom is -0.349 e. The molecule has 0 bridgehead atoms. The molecule has 0 fully saturated rings. The van der Waals surface area contributed by atoms with Gasteiger partial charge in [0.25, 0.3) is 5.91 Å². The van der Waals surface area contributed by atoms with Gasteiger partial charge in [0.05, 0.1) is 16.3 Å². The Hall–Kier alpha value is -2.20. The summed E-state index contributed by atoms with van der Waals surface area (Å²) in [5, 5.41) is 1.91. The number of fused-ring (bicyclic) bond motifs is 4. The molecule has 0 atom stereocenters. The number of para-hydroxylation sites is 2. The Bertz CT molecular complexity index is 837. The van der Waals surface area contributed by atoms with Crippen LogP contribution in [0.15, 0.2) is 58.5 Å². The summed E-state index contributed by atoms with van der Waals surface area (Å²) < 4.78 is 0. The van der Waals surface area contributed by atoms with Gasteiger partial charge in [-0.25, -0.2) is 0 Å². The van der Waals surface area contributed by atoms with Gasteiger partial charge in [0, 0.05) is 22.8 Å². The maximum atomic E-state index is 12.8. The molecule has 1 aliphatic rings. The second-order valence-electron chi connectivity index (χ2n) is 4.81. The molecule has 2 heterocycles. The summed E-state index contributed by atoms with van der Waals surface area (Å²) in [6.45, 7) is 0. The van der Waals surface area contributed by atoms with Crippen molar-refractivity contribution in [3.63, 3.8) is 0 Å². The van der Waals surface area contributed by atoms with E-state index in [9.17, 15) is 4.79 Å². The number of nitrogens with zero attached hydrogens (tertiary/aromatic N) is 1. The van der Waals surface area contributed by atoms with E-state index >= 15 is 0 Å². The molecule has 1 N–H and O–H groups in total. The number of rotatable bonds is 0. The molecule has 0 unspecified atom stereocenters. The summed E-state index contributed by atoms with van der Waals surface area (Å²) in [4.78, 5) is 19.0. The molecule has 1 amide bonds. The van der Waals surface area contributed by atoms with E-state index in [1.54, 1.807) is 16.7 Å². The first-order chi connectivity index (χ1) is 9.75. The topological polar surface area (TPSA) is 36.1 Å². The van der Waals surface area contributed by atoms with E-state index in [0.29, 0.717) is 0 Å². The zero-order valence-corrected chi connectivity index (χ0v) is 11.7. The number of benzene rings is 2.